The Morgan fingerprint density at radius 3 is 3.00 bits per heavy atom. The van der Waals surface area contributed by atoms with Crippen LogP contribution in [-0.2, 0) is 6.42 Å². The number of thiazole rings is 1. The lowest BCUT2D eigenvalue weighted by Gasteiger charge is -2.02. The third-order valence-corrected chi connectivity index (χ3v) is 3.08. The predicted octanol–water partition coefficient (Wildman–Crippen LogP) is 1.94. The van der Waals surface area contributed by atoms with Crippen LogP contribution in [-0.4, -0.2) is 15.9 Å². The average molecular weight is 248 g/mol. The van der Waals surface area contributed by atoms with Crippen molar-refractivity contribution in [1.29, 1.82) is 0 Å². The molecule has 0 aliphatic rings. The minimum absolute atomic E-state index is 0.430. The third-order valence-electron chi connectivity index (χ3n) is 2.15. The highest BCUT2D eigenvalue weighted by Crippen LogP contribution is 2.21. The van der Waals surface area contributed by atoms with Crippen LogP contribution in [0, 0.1) is 0 Å². The summed E-state index contributed by atoms with van der Waals surface area (Å²) in [6, 6.07) is 5.74. The Hall–Kier alpha value is -1.95. The number of carbonyl (C=O) groups excluding carboxylic acids is 1. The van der Waals surface area contributed by atoms with Crippen molar-refractivity contribution in [2.75, 3.05) is 5.32 Å². The van der Waals surface area contributed by atoms with Crippen molar-refractivity contribution >= 4 is 28.2 Å². The molecule has 0 atom stereocenters. The molecule has 0 spiro atoms. The minimum Gasteiger partial charge on any atom is -0.365 e. The summed E-state index contributed by atoms with van der Waals surface area (Å²) in [6.07, 6.45) is 2.33. The topological polar surface area (TPSA) is 80.9 Å². The summed E-state index contributed by atoms with van der Waals surface area (Å²) < 4.78 is 0. The van der Waals surface area contributed by atoms with Gasteiger partial charge in [0, 0.05) is 5.69 Å². The van der Waals surface area contributed by atoms with Crippen LogP contribution in [0.3, 0.4) is 0 Å². The van der Waals surface area contributed by atoms with Crippen LogP contribution in [0.2, 0.25) is 0 Å². The van der Waals surface area contributed by atoms with Gasteiger partial charge in [0.05, 0.1) is 6.20 Å². The van der Waals surface area contributed by atoms with Crippen molar-refractivity contribution < 1.29 is 4.79 Å². The molecule has 2 heterocycles. The first kappa shape index (κ1) is 11.5. The van der Waals surface area contributed by atoms with Crippen molar-refractivity contribution in [2.24, 2.45) is 5.73 Å². The molecule has 0 unspecified atom stereocenters. The first-order chi connectivity index (χ1) is 8.19. The lowest BCUT2D eigenvalue weighted by Crippen LogP contribution is -2.08. The fourth-order valence-electron chi connectivity index (χ4n) is 1.30. The molecule has 0 aromatic carbocycles. The van der Waals surface area contributed by atoms with Crippen LogP contribution in [0.4, 0.5) is 10.9 Å². The lowest BCUT2D eigenvalue weighted by molar-refractivity contribution is 0.100. The number of nitrogens with two attached hydrogens (primary N) is 1. The molecule has 17 heavy (non-hydrogen) atoms. The van der Waals surface area contributed by atoms with Gasteiger partial charge >= 0.3 is 0 Å². The average Bonchev–Trinajstić information content (AvgIpc) is 2.78. The van der Waals surface area contributed by atoms with Crippen LogP contribution in [0.15, 0.2) is 24.4 Å². The second-order valence-electron chi connectivity index (χ2n) is 3.39. The number of nitrogens with zero attached hydrogens (tertiary/aromatic N) is 2. The van der Waals surface area contributed by atoms with Crippen LogP contribution in [0.5, 0.6) is 0 Å². The van der Waals surface area contributed by atoms with E-state index in [-0.39, 0.29) is 0 Å². The summed E-state index contributed by atoms with van der Waals surface area (Å²) in [6.45, 7) is 2.04. The molecule has 0 saturated carbocycles. The van der Waals surface area contributed by atoms with E-state index in [2.05, 4.69) is 15.3 Å². The number of amides is 1. The first-order valence-corrected chi connectivity index (χ1v) is 5.99. The number of aryl methyl sites for hydroxylation is 1. The zero-order chi connectivity index (χ0) is 12.3. The van der Waals surface area contributed by atoms with Gasteiger partial charge in [-0.05, 0) is 18.6 Å². The normalized spacial score (nSPS) is 10.2. The van der Waals surface area contributed by atoms with Crippen LogP contribution >= 0.6 is 11.3 Å². The molecular formula is C11H12N4OS. The van der Waals surface area contributed by atoms with Gasteiger partial charge < -0.3 is 11.1 Å². The van der Waals surface area contributed by atoms with E-state index in [0.29, 0.717) is 10.0 Å². The quantitative estimate of drug-likeness (QED) is 0.866. The van der Waals surface area contributed by atoms with Gasteiger partial charge in [-0.2, -0.15) is 0 Å². The maximum Gasteiger partial charge on any atom is 0.260 e. The number of hydrogen-bond acceptors (Lipinski definition) is 5. The second kappa shape index (κ2) is 4.92. The van der Waals surface area contributed by atoms with Gasteiger partial charge in [0.1, 0.15) is 10.7 Å². The van der Waals surface area contributed by atoms with E-state index in [1.807, 2.05) is 25.1 Å². The molecule has 2 rings (SSSR count). The molecule has 1 amide bonds. The van der Waals surface area contributed by atoms with Gasteiger partial charge in [0.25, 0.3) is 5.91 Å². The summed E-state index contributed by atoms with van der Waals surface area (Å²) in [7, 11) is 0. The van der Waals surface area contributed by atoms with Crippen molar-refractivity contribution in [1.82, 2.24) is 9.97 Å². The molecule has 0 aliphatic carbocycles. The number of pyridine rings is 1. The first-order valence-electron chi connectivity index (χ1n) is 5.17. The van der Waals surface area contributed by atoms with E-state index < -0.39 is 5.91 Å². The second-order valence-corrected chi connectivity index (χ2v) is 4.42. The van der Waals surface area contributed by atoms with E-state index >= 15 is 0 Å². The molecule has 5 nitrogen and oxygen atoms in total. The van der Waals surface area contributed by atoms with Gasteiger partial charge in [-0.1, -0.05) is 24.3 Å². The maximum atomic E-state index is 10.9. The predicted molar refractivity (Wildman–Crippen MR) is 67.5 cm³/mol. The molecular weight excluding hydrogens is 236 g/mol. The number of anilines is 2. The Kier molecular flexibility index (Phi) is 3.34. The largest absolute Gasteiger partial charge is 0.365 e. The molecule has 0 aliphatic heterocycles. The molecule has 0 fully saturated rings. The number of hydrogen-bond donors (Lipinski definition) is 2. The smallest absolute Gasteiger partial charge is 0.260 e. The summed E-state index contributed by atoms with van der Waals surface area (Å²) in [5, 5.41) is 3.65. The van der Waals surface area contributed by atoms with Crippen molar-refractivity contribution in [3.63, 3.8) is 0 Å². The zero-order valence-electron chi connectivity index (χ0n) is 9.30. The molecule has 0 radical (unpaired) electrons. The highest BCUT2D eigenvalue weighted by Gasteiger charge is 2.07. The Bertz CT molecular complexity index is 538. The Labute approximate surface area is 103 Å². The number of primary amides is 1. The SMILES string of the molecule is CCc1cccc(Nc2ncc(C(N)=O)s2)n1. The van der Waals surface area contributed by atoms with Gasteiger partial charge in [-0.25, -0.2) is 9.97 Å². The fourth-order valence-corrected chi connectivity index (χ4v) is 1.98. The van der Waals surface area contributed by atoms with Gasteiger partial charge in [0.15, 0.2) is 5.13 Å². The van der Waals surface area contributed by atoms with Crippen LogP contribution in [0.25, 0.3) is 0 Å². The summed E-state index contributed by atoms with van der Waals surface area (Å²) in [5.74, 6) is 0.250. The van der Waals surface area contributed by atoms with Crippen molar-refractivity contribution in [3.05, 3.63) is 35.0 Å². The molecule has 3 N–H and O–H groups in total. The number of aromatic nitrogens is 2. The molecule has 88 valence electrons. The molecule has 2 aromatic heterocycles. The van der Waals surface area contributed by atoms with Gasteiger partial charge in [0.2, 0.25) is 0 Å². The third kappa shape index (κ3) is 2.79. The monoisotopic (exact) mass is 248 g/mol. The van der Waals surface area contributed by atoms with E-state index in [4.69, 9.17) is 5.73 Å². The van der Waals surface area contributed by atoms with E-state index in [1.165, 1.54) is 17.5 Å². The van der Waals surface area contributed by atoms with Crippen LogP contribution in [0.1, 0.15) is 22.3 Å². The van der Waals surface area contributed by atoms with Gasteiger partial charge in [-0.15, -0.1) is 0 Å². The van der Waals surface area contributed by atoms with E-state index in [9.17, 15) is 4.79 Å². The van der Waals surface area contributed by atoms with E-state index in [0.717, 1.165) is 17.9 Å². The maximum absolute atomic E-state index is 10.9. The zero-order valence-corrected chi connectivity index (χ0v) is 10.1. The molecule has 2 aromatic rings. The molecule has 0 saturated heterocycles. The summed E-state index contributed by atoms with van der Waals surface area (Å²) >= 11 is 1.21. The highest BCUT2D eigenvalue weighted by molar-refractivity contribution is 7.17. The lowest BCUT2D eigenvalue weighted by atomic mass is 10.3. The van der Waals surface area contributed by atoms with E-state index in [1.54, 1.807) is 0 Å². The highest BCUT2D eigenvalue weighted by atomic mass is 32.1. The Balaban J connectivity index is 2.16. The standard InChI is InChI=1S/C11H12N4OS/c1-2-7-4-3-5-9(14-7)15-11-13-6-8(17-11)10(12)16/h3-6H,2H2,1H3,(H2,12,16)(H,13,14,15). The Morgan fingerprint density at radius 1 is 1.53 bits per heavy atom. The molecule has 6 heteroatoms. The Morgan fingerprint density at radius 2 is 2.35 bits per heavy atom. The van der Waals surface area contributed by atoms with Gasteiger partial charge in [-0.3, -0.25) is 4.79 Å². The number of carbonyl (C=O) groups is 1. The van der Waals surface area contributed by atoms with Crippen molar-refractivity contribution in [2.45, 2.75) is 13.3 Å². The minimum atomic E-state index is -0.467. The number of rotatable bonds is 4. The summed E-state index contributed by atoms with van der Waals surface area (Å²) in [5.41, 5.74) is 6.16. The summed E-state index contributed by atoms with van der Waals surface area (Å²) in [4.78, 5) is 19.8. The number of nitrogens with one attached hydrogen (secondary N) is 1. The molecule has 0 bridgehead atoms. The van der Waals surface area contributed by atoms with Crippen LogP contribution < -0.4 is 11.1 Å². The fraction of sp³-hybridized carbons (Fsp3) is 0.182. The van der Waals surface area contributed by atoms with Crippen molar-refractivity contribution in [3.8, 4) is 0 Å².